The minimum Gasteiger partial charge on any atom is -0.481 e. The Hall–Kier alpha value is -2.48. The SMILES string of the molecule is COc1ccc(-c2[nH]nc(NC(=O)CC(C)(C)CN3CCCCC3)c2F)cn1. The van der Waals surface area contributed by atoms with E-state index in [1.807, 2.05) is 0 Å². The zero-order valence-corrected chi connectivity index (χ0v) is 16.7. The van der Waals surface area contributed by atoms with Gasteiger partial charge in [-0.3, -0.25) is 9.89 Å². The van der Waals surface area contributed by atoms with E-state index in [9.17, 15) is 9.18 Å². The molecule has 0 atom stereocenters. The molecule has 1 fully saturated rings. The van der Waals surface area contributed by atoms with E-state index in [0.717, 1.165) is 19.6 Å². The number of halogens is 1. The van der Waals surface area contributed by atoms with Crippen molar-refractivity contribution in [1.29, 1.82) is 0 Å². The van der Waals surface area contributed by atoms with E-state index in [-0.39, 0.29) is 22.8 Å². The van der Waals surface area contributed by atoms with Crippen LogP contribution in [0.25, 0.3) is 11.3 Å². The Morgan fingerprint density at radius 1 is 1.32 bits per heavy atom. The van der Waals surface area contributed by atoms with Crippen molar-refractivity contribution >= 4 is 11.7 Å². The molecule has 3 heterocycles. The molecular formula is C20H28FN5O2. The van der Waals surface area contributed by atoms with Crippen LogP contribution in [0.5, 0.6) is 5.88 Å². The summed E-state index contributed by atoms with van der Waals surface area (Å²) in [7, 11) is 1.51. The number of methoxy groups -OCH3 is 1. The number of ether oxygens (including phenoxy) is 1. The minimum absolute atomic E-state index is 0.0930. The number of hydrogen-bond donors (Lipinski definition) is 2. The second-order valence-corrected chi connectivity index (χ2v) is 8.08. The second kappa shape index (κ2) is 8.68. The van der Waals surface area contributed by atoms with Gasteiger partial charge in [0.1, 0.15) is 5.69 Å². The number of nitrogens with zero attached hydrogens (tertiary/aromatic N) is 3. The molecule has 2 N–H and O–H groups in total. The van der Waals surface area contributed by atoms with E-state index in [1.54, 1.807) is 12.1 Å². The van der Waals surface area contributed by atoms with E-state index >= 15 is 0 Å². The van der Waals surface area contributed by atoms with E-state index in [1.165, 1.54) is 32.6 Å². The van der Waals surface area contributed by atoms with Gasteiger partial charge in [-0.05, 0) is 37.4 Å². The molecular weight excluding hydrogens is 361 g/mol. The minimum atomic E-state index is -0.603. The molecule has 2 aromatic heterocycles. The zero-order valence-electron chi connectivity index (χ0n) is 16.7. The number of aromatic nitrogens is 3. The predicted molar refractivity (Wildman–Crippen MR) is 106 cm³/mol. The van der Waals surface area contributed by atoms with Crippen LogP contribution in [0.2, 0.25) is 0 Å². The Labute approximate surface area is 164 Å². The smallest absolute Gasteiger partial charge is 0.226 e. The first-order chi connectivity index (χ1) is 13.4. The lowest BCUT2D eigenvalue weighted by molar-refractivity contribution is -0.118. The van der Waals surface area contributed by atoms with Gasteiger partial charge in [0.2, 0.25) is 11.8 Å². The monoisotopic (exact) mass is 389 g/mol. The third kappa shape index (κ3) is 5.07. The highest BCUT2D eigenvalue weighted by Gasteiger charge is 2.27. The molecule has 28 heavy (non-hydrogen) atoms. The molecule has 8 heteroatoms. The number of likely N-dealkylation sites (tertiary alicyclic amines) is 1. The van der Waals surface area contributed by atoms with Gasteiger partial charge in [-0.2, -0.15) is 5.10 Å². The molecule has 0 unspecified atom stereocenters. The van der Waals surface area contributed by atoms with Gasteiger partial charge in [0.15, 0.2) is 11.6 Å². The molecule has 7 nitrogen and oxygen atoms in total. The fourth-order valence-corrected chi connectivity index (χ4v) is 3.64. The highest BCUT2D eigenvalue weighted by Crippen LogP contribution is 2.27. The van der Waals surface area contributed by atoms with Crippen molar-refractivity contribution in [2.75, 3.05) is 32.1 Å². The molecule has 0 aliphatic carbocycles. The average molecular weight is 389 g/mol. The normalized spacial score (nSPS) is 15.4. The molecule has 0 spiro atoms. The number of hydrogen-bond acceptors (Lipinski definition) is 5. The third-order valence-corrected chi connectivity index (χ3v) is 4.94. The van der Waals surface area contributed by atoms with Crippen LogP contribution in [0.4, 0.5) is 10.2 Å². The van der Waals surface area contributed by atoms with Gasteiger partial charge in [0.05, 0.1) is 7.11 Å². The molecule has 0 aromatic carbocycles. The van der Waals surface area contributed by atoms with E-state index in [2.05, 4.69) is 39.2 Å². The summed E-state index contributed by atoms with van der Waals surface area (Å²) in [5.74, 6) is -0.501. The molecule has 0 saturated carbocycles. The largest absolute Gasteiger partial charge is 0.481 e. The molecule has 0 bridgehead atoms. The summed E-state index contributed by atoms with van der Waals surface area (Å²) in [5, 5.41) is 9.15. The summed E-state index contributed by atoms with van der Waals surface area (Å²) in [6.45, 7) is 7.15. The maximum atomic E-state index is 14.7. The first-order valence-corrected chi connectivity index (χ1v) is 9.64. The first kappa shape index (κ1) is 20.3. The number of anilines is 1. The van der Waals surface area contributed by atoms with Gasteiger partial charge in [-0.25, -0.2) is 9.37 Å². The molecule has 2 aromatic rings. The van der Waals surface area contributed by atoms with Crippen molar-refractivity contribution in [2.45, 2.75) is 39.5 Å². The molecule has 0 radical (unpaired) electrons. The van der Waals surface area contributed by atoms with Gasteiger partial charge in [0, 0.05) is 30.8 Å². The van der Waals surface area contributed by atoms with Crippen molar-refractivity contribution in [3.05, 3.63) is 24.1 Å². The Balaban J connectivity index is 1.61. The number of nitrogens with one attached hydrogen (secondary N) is 2. The fraction of sp³-hybridized carbons (Fsp3) is 0.550. The number of piperidine rings is 1. The van der Waals surface area contributed by atoms with Crippen LogP contribution in [0, 0.1) is 11.2 Å². The Kier molecular flexibility index (Phi) is 6.28. The number of H-pyrrole nitrogens is 1. The first-order valence-electron chi connectivity index (χ1n) is 9.64. The maximum Gasteiger partial charge on any atom is 0.226 e. The molecule has 152 valence electrons. The van der Waals surface area contributed by atoms with E-state index in [4.69, 9.17) is 4.74 Å². The van der Waals surface area contributed by atoms with Crippen LogP contribution in [-0.2, 0) is 4.79 Å². The van der Waals surface area contributed by atoms with Gasteiger partial charge >= 0.3 is 0 Å². The average Bonchev–Trinajstić information content (AvgIpc) is 3.02. The lowest BCUT2D eigenvalue weighted by Gasteiger charge is -2.34. The Morgan fingerprint density at radius 3 is 2.71 bits per heavy atom. The molecule has 1 aliphatic heterocycles. The maximum absolute atomic E-state index is 14.7. The number of amides is 1. The number of carbonyl (C=O) groups is 1. The topological polar surface area (TPSA) is 83.1 Å². The second-order valence-electron chi connectivity index (χ2n) is 8.08. The van der Waals surface area contributed by atoms with E-state index in [0.29, 0.717) is 17.9 Å². The van der Waals surface area contributed by atoms with Gasteiger partial charge in [-0.15, -0.1) is 0 Å². The quantitative estimate of drug-likeness (QED) is 0.758. The number of pyridine rings is 1. The number of carbonyl (C=O) groups excluding carboxylic acids is 1. The van der Waals surface area contributed by atoms with Crippen LogP contribution < -0.4 is 10.1 Å². The van der Waals surface area contributed by atoms with Gasteiger partial charge < -0.3 is 15.0 Å². The summed E-state index contributed by atoms with van der Waals surface area (Å²) in [6.07, 6.45) is 5.49. The summed E-state index contributed by atoms with van der Waals surface area (Å²) in [5.41, 5.74) is 0.506. The van der Waals surface area contributed by atoms with Crippen LogP contribution in [0.3, 0.4) is 0 Å². The third-order valence-electron chi connectivity index (χ3n) is 4.94. The predicted octanol–water partition coefficient (Wildman–Crippen LogP) is 3.46. The summed E-state index contributed by atoms with van der Waals surface area (Å²) in [6, 6.07) is 3.31. The van der Waals surface area contributed by atoms with Crippen LogP contribution >= 0.6 is 0 Å². The van der Waals surface area contributed by atoms with Gasteiger partial charge in [-0.1, -0.05) is 20.3 Å². The Morgan fingerprint density at radius 2 is 2.07 bits per heavy atom. The van der Waals surface area contributed by atoms with Gasteiger partial charge in [0.25, 0.3) is 0 Å². The number of aromatic amines is 1. The van der Waals surface area contributed by atoms with E-state index < -0.39 is 5.82 Å². The van der Waals surface area contributed by atoms with Crippen molar-refractivity contribution in [3.8, 4) is 17.1 Å². The highest BCUT2D eigenvalue weighted by atomic mass is 19.1. The lowest BCUT2D eigenvalue weighted by Crippen LogP contribution is -2.39. The van der Waals surface area contributed by atoms with Crippen LogP contribution in [0.1, 0.15) is 39.5 Å². The molecule has 1 saturated heterocycles. The van der Waals surface area contributed by atoms with Crippen molar-refractivity contribution in [2.24, 2.45) is 5.41 Å². The number of rotatable bonds is 7. The fourth-order valence-electron chi connectivity index (χ4n) is 3.64. The van der Waals surface area contributed by atoms with Crippen LogP contribution in [-0.4, -0.2) is 52.7 Å². The zero-order chi connectivity index (χ0) is 20.1. The molecule has 3 rings (SSSR count). The lowest BCUT2D eigenvalue weighted by atomic mass is 9.87. The summed E-state index contributed by atoms with van der Waals surface area (Å²) < 4.78 is 19.7. The summed E-state index contributed by atoms with van der Waals surface area (Å²) in [4.78, 5) is 18.9. The van der Waals surface area contributed by atoms with Crippen LogP contribution in [0.15, 0.2) is 18.3 Å². The molecule has 1 aliphatic rings. The Bertz CT molecular complexity index is 797. The standard InChI is InChI=1S/C20H28FN5O2/c1-20(2,13-26-9-5-4-6-10-26)11-15(27)23-19-17(21)18(24-25-19)14-7-8-16(28-3)22-12-14/h7-8,12H,4-6,9-11,13H2,1-3H3,(H2,23,24,25,27). The molecule has 1 amide bonds. The highest BCUT2D eigenvalue weighted by molar-refractivity contribution is 5.91. The van der Waals surface area contributed by atoms with Crippen molar-refractivity contribution in [1.82, 2.24) is 20.1 Å². The summed E-state index contributed by atoms with van der Waals surface area (Å²) >= 11 is 0. The van der Waals surface area contributed by atoms with Crippen molar-refractivity contribution < 1.29 is 13.9 Å². The van der Waals surface area contributed by atoms with Crippen molar-refractivity contribution in [3.63, 3.8) is 0 Å².